The molecule has 1 amide bonds. The summed E-state index contributed by atoms with van der Waals surface area (Å²) in [6, 6.07) is 16.4. The van der Waals surface area contributed by atoms with Crippen LogP contribution in [-0.4, -0.2) is 37.5 Å². The lowest BCUT2D eigenvalue weighted by molar-refractivity contribution is -0.120. The summed E-state index contributed by atoms with van der Waals surface area (Å²) in [4.78, 5) is 17.3. The number of halogens is 1. The maximum absolute atomic E-state index is 12.5. The normalized spacial score (nSPS) is 12.4. The monoisotopic (exact) mass is 497 g/mol. The van der Waals surface area contributed by atoms with E-state index < -0.39 is 0 Å². The molecule has 0 saturated heterocycles. The molecule has 1 N–H and O–H groups in total. The van der Waals surface area contributed by atoms with Gasteiger partial charge in [-0.15, -0.1) is 10.2 Å². The lowest BCUT2D eigenvalue weighted by atomic mass is 10.2. The highest BCUT2D eigenvalue weighted by Gasteiger charge is 2.21. The molecule has 160 valence electrons. The standard InChI is InChI=1S/C23H24BrN5OS/c1-3-13-25-22(30)19(4-2)31-23-26-21-20(27-28-23)17-7-5-6-8-18(17)29(21)14-15-9-11-16(24)12-10-15/h5-12,19H,3-4,13-14H2,1-2H3,(H,25,30). The minimum atomic E-state index is -0.241. The van der Waals surface area contributed by atoms with Crippen LogP contribution in [0.1, 0.15) is 32.3 Å². The Labute approximate surface area is 194 Å². The van der Waals surface area contributed by atoms with Crippen molar-refractivity contribution in [1.82, 2.24) is 25.1 Å². The highest BCUT2D eigenvalue weighted by atomic mass is 79.9. The van der Waals surface area contributed by atoms with Gasteiger partial charge < -0.3 is 9.88 Å². The Kier molecular flexibility index (Phi) is 6.87. The molecule has 0 aliphatic heterocycles. The average Bonchev–Trinajstić information content (AvgIpc) is 3.10. The van der Waals surface area contributed by atoms with E-state index in [4.69, 9.17) is 4.98 Å². The van der Waals surface area contributed by atoms with Gasteiger partial charge in [-0.1, -0.05) is 71.9 Å². The molecular weight excluding hydrogens is 474 g/mol. The molecule has 8 heteroatoms. The molecule has 2 heterocycles. The molecule has 0 aliphatic rings. The summed E-state index contributed by atoms with van der Waals surface area (Å²) in [5.74, 6) is 0.0217. The van der Waals surface area contributed by atoms with Gasteiger partial charge in [-0.3, -0.25) is 4.79 Å². The molecule has 2 aromatic carbocycles. The second-order valence-corrected chi connectivity index (χ2v) is 9.39. The van der Waals surface area contributed by atoms with Crippen molar-refractivity contribution in [3.05, 3.63) is 58.6 Å². The number of hydrogen-bond acceptors (Lipinski definition) is 5. The Morgan fingerprint density at radius 1 is 1.13 bits per heavy atom. The average molecular weight is 498 g/mol. The minimum absolute atomic E-state index is 0.0217. The molecule has 31 heavy (non-hydrogen) atoms. The Balaban J connectivity index is 1.73. The minimum Gasteiger partial charge on any atom is -0.355 e. The van der Waals surface area contributed by atoms with Crippen molar-refractivity contribution in [2.75, 3.05) is 6.54 Å². The summed E-state index contributed by atoms with van der Waals surface area (Å²) in [6.45, 7) is 5.39. The Bertz CT molecular complexity index is 1210. The van der Waals surface area contributed by atoms with Crippen LogP contribution in [0.25, 0.3) is 22.1 Å². The number of hydrogen-bond donors (Lipinski definition) is 1. The summed E-state index contributed by atoms with van der Waals surface area (Å²) in [6.07, 6.45) is 1.61. The molecule has 0 aliphatic carbocycles. The fraction of sp³-hybridized carbons (Fsp3) is 0.304. The van der Waals surface area contributed by atoms with E-state index in [0.717, 1.165) is 33.0 Å². The van der Waals surface area contributed by atoms with Crippen molar-refractivity contribution in [2.45, 2.75) is 43.6 Å². The van der Waals surface area contributed by atoms with Crippen molar-refractivity contribution in [3.63, 3.8) is 0 Å². The maximum atomic E-state index is 12.5. The number of para-hydroxylation sites is 1. The quantitative estimate of drug-likeness (QED) is 0.339. The lowest BCUT2D eigenvalue weighted by Crippen LogP contribution is -2.32. The molecule has 0 radical (unpaired) electrons. The van der Waals surface area contributed by atoms with Gasteiger partial charge in [0.25, 0.3) is 0 Å². The number of nitrogens with zero attached hydrogens (tertiary/aromatic N) is 4. The number of carbonyl (C=O) groups excluding carboxylic acids is 1. The van der Waals surface area contributed by atoms with Crippen LogP contribution in [0.2, 0.25) is 0 Å². The van der Waals surface area contributed by atoms with Gasteiger partial charge in [0.2, 0.25) is 11.1 Å². The largest absolute Gasteiger partial charge is 0.355 e. The Hall–Kier alpha value is -2.45. The number of thioether (sulfide) groups is 1. The van der Waals surface area contributed by atoms with Crippen LogP contribution in [0.15, 0.2) is 58.2 Å². The van der Waals surface area contributed by atoms with Crippen LogP contribution in [0.5, 0.6) is 0 Å². The van der Waals surface area contributed by atoms with Gasteiger partial charge in [0, 0.05) is 22.9 Å². The number of amides is 1. The SMILES string of the molecule is CCCNC(=O)C(CC)Sc1nnc2c3ccccc3n(Cc3ccc(Br)cc3)c2n1. The predicted octanol–water partition coefficient (Wildman–Crippen LogP) is 5.19. The fourth-order valence-electron chi connectivity index (χ4n) is 3.48. The van der Waals surface area contributed by atoms with Crippen LogP contribution in [0.3, 0.4) is 0 Å². The molecule has 0 bridgehead atoms. The lowest BCUT2D eigenvalue weighted by Gasteiger charge is -2.13. The second-order valence-electron chi connectivity index (χ2n) is 7.30. The van der Waals surface area contributed by atoms with Gasteiger partial charge in [-0.25, -0.2) is 4.98 Å². The van der Waals surface area contributed by atoms with Crippen molar-refractivity contribution in [2.24, 2.45) is 0 Å². The van der Waals surface area contributed by atoms with Gasteiger partial charge in [0.1, 0.15) is 5.52 Å². The molecule has 2 aromatic heterocycles. The first-order valence-electron chi connectivity index (χ1n) is 10.4. The third kappa shape index (κ3) is 4.75. The number of rotatable bonds is 8. The van der Waals surface area contributed by atoms with Crippen LogP contribution < -0.4 is 5.32 Å². The number of aromatic nitrogens is 4. The first kappa shape index (κ1) is 21.8. The number of fused-ring (bicyclic) bond motifs is 3. The van der Waals surface area contributed by atoms with E-state index >= 15 is 0 Å². The van der Waals surface area contributed by atoms with Gasteiger partial charge in [0.15, 0.2) is 5.65 Å². The molecule has 4 aromatic rings. The van der Waals surface area contributed by atoms with E-state index in [1.165, 1.54) is 17.3 Å². The van der Waals surface area contributed by atoms with Crippen molar-refractivity contribution in [1.29, 1.82) is 0 Å². The maximum Gasteiger partial charge on any atom is 0.233 e. The highest BCUT2D eigenvalue weighted by molar-refractivity contribution is 9.10. The van der Waals surface area contributed by atoms with Gasteiger partial charge in [-0.05, 0) is 36.6 Å². The third-order valence-electron chi connectivity index (χ3n) is 5.07. The fourth-order valence-corrected chi connectivity index (χ4v) is 4.59. The van der Waals surface area contributed by atoms with Crippen LogP contribution in [-0.2, 0) is 11.3 Å². The van der Waals surface area contributed by atoms with Crippen molar-refractivity contribution >= 4 is 55.7 Å². The highest BCUT2D eigenvalue weighted by Crippen LogP contribution is 2.29. The van der Waals surface area contributed by atoms with E-state index in [-0.39, 0.29) is 11.2 Å². The summed E-state index contributed by atoms with van der Waals surface area (Å²) in [5, 5.41) is 13.1. The van der Waals surface area contributed by atoms with Crippen molar-refractivity contribution < 1.29 is 4.79 Å². The first-order valence-corrected chi connectivity index (χ1v) is 12.1. The zero-order chi connectivity index (χ0) is 21.8. The molecule has 4 rings (SSSR count). The summed E-state index contributed by atoms with van der Waals surface area (Å²) in [5.41, 5.74) is 3.80. The molecule has 0 fully saturated rings. The molecule has 1 unspecified atom stereocenters. The summed E-state index contributed by atoms with van der Waals surface area (Å²) in [7, 11) is 0. The van der Waals surface area contributed by atoms with Crippen molar-refractivity contribution in [3.8, 4) is 0 Å². The molecule has 6 nitrogen and oxygen atoms in total. The molecular formula is C23H24BrN5OS. The van der Waals surface area contributed by atoms with E-state index in [2.05, 4.69) is 54.2 Å². The number of nitrogens with one attached hydrogen (secondary N) is 1. The number of benzene rings is 2. The van der Waals surface area contributed by atoms with E-state index in [9.17, 15) is 4.79 Å². The molecule has 0 spiro atoms. The van der Waals surface area contributed by atoms with Crippen LogP contribution in [0, 0.1) is 0 Å². The summed E-state index contributed by atoms with van der Waals surface area (Å²) < 4.78 is 3.22. The summed E-state index contributed by atoms with van der Waals surface area (Å²) >= 11 is 4.87. The third-order valence-corrected chi connectivity index (χ3v) is 6.81. The second kappa shape index (κ2) is 9.78. The van der Waals surface area contributed by atoms with E-state index in [1.807, 2.05) is 44.2 Å². The smallest absolute Gasteiger partial charge is 0.233 e. The topological polar surface area (TPSA) is 72.7 Å². The first-order chi connectivity index (χ1) is 15.1. The molecule has 1 atom stereocenters. The van der Waals surface area contributed by atoms with E-state index in [1.54, 1.807) is 0 Å². The Morgan fingerprint density at radius 3 is 2.65 bits per heavy atom. The Morgan fingerprint density at radius 2 is 1.90 bits per heavy atom. The van der Waals surface area contributed by atoms with Gasteiger partial charge in [0.05, 0.1) is 10.8 Å². The van der Waals surface area contributed by atoms with E-state index in [0.29, 0.717) is 24.7 Å². The molecule has 0 saturated carbocycles. The zero-order valence-corrected chi connectivity index (χ0v) is 19.9. The van der Waals surface area contributed by atoms with Gasteiger partial charge >= 0.3 is 0 Å². The van der Waals surface area contributed by atoms with Crippen LogP contribution in [0.4, 0.5) is 0 Å². The predicted molar refractivity (Wildman–Crippen MR) is 129 cm³/mol. The van der Waals surface area contributed by atoms with Gasteiger partial charge in [-0.2, -0.15) is 0 Å². The zero-order valence-electron chi connectivity index (χ0n) is 17.5. The van der Waals surface area contributed by atoms with Crippen LogP contribution >= 0.6 is 27.7 Å². The number of carbonyl (C=O) groups is 1.